The summed E-state index contributed by atoms with van der Waals surface area (Å²) in [7, 11) is 1.54. The van der Waals surface area contributed by atoms with E-state index in [4.69, 9.17) is 10.5 Å². The summed E-state index contributed by atoms with van der Waals surface area (Å²) >= 11 is 0. The number of fused-ring (bicyclic) bond motifs is 1. The van der Waals surface area contributed by atoms with Gasteiger partial charge in [-0.15, -0.1) is 0 Å². The van der Waals surface area contributed by atoms with Crippen molar-refractivity contribution in [3.63, 3.8) is 0 Å². The fourth-order valence-electron chi connectivity index (χ4n) is 5.27. The summed E-state index contributed by atoms with van der Waals surface area (Å²) in [4.78, 5) is 41.3. The minimum absolute atomic E-state index is 0.0611. The molecule has 0 spiro atoms. The maximum Gasteiger partial charge on any atom is 0.255 e. The Balaban J connectivity index is 1.69. The first-order valence-corrected chi connectivity index (χ1v) is 11.0. The zero-order chi connectivity index (χ0) is 24.6. The van der Waals surface area contributed by atoms with Crippen LogP contribution < -0.4 is 10.5 Å². The Kier molecular flexibility index (Phi) is 6.39. The molecule has 0 bridgehead atoms. The number of phenolic OH excluding ortho intramolecular Hbond substituents is 1. The number of aliphatic hydroxyl groups excluding tert-OH is 2. The fraction of sp³-hybridized carbons (Fsp3) is 0.360. The van der Waals surface area contributed by atoms with Crippen molar-refractivity contribution in [2.45, 2.75) is 25.7 Å². The van der Waals surface area contributed by atoms with E-state index < -0.39 is 41.5 Å². The number of ether oxygens (including phenoxy) is 1. The number of nitrogens with zero attached hydrogens (tertiary/aromatic N) is 1. The molecular weight excluding hydrogens is 440 g/mol. The average Bonchev–Trinajstić information content (AvgIpc) is 2.79. The molecule has 0 aliphatic heterocycles. The van der Waals surface area contributed by atoms with Crippen LogP contribution in [0.3, 0.4) is 0 Å². The Morgan fingerprint density at radius 1 is 1.12 bits per heavy atom. The molecule has 5 N–H and O–H groups in total. The van der Waals surface area contributed by atoms with Crippen LogP contribution in [0.5, 0.6) is 11.5 Å². The monoisotopic (exact) mass is 466 g/mol. The van der Waals surface area contributed by atoms with Gasteiger partial charge in [0.1, 0.15) is 22.8 Å². The van der Waals surface area contributed by atoms with Gasteiger partial charge >= 0.3 is 0 Å². The van der Waals surface area contributed by atoms with Crippen LogP contribution in [-0.4, -0.2) is 51.5 Å². The Hall–Kier alpha value is -3.72. The molecule has 3 unspecified atom stereocenters. The highest BCUT2D eigenvalue weighted by molar-refractivity contribution is 6.19. The third-order valence-electron chi connectivity index (χ3n) is 6.81. The molecule has 2 aromatic rings. The average molecular weight is 466 g/mol. The zero-order valence-electron chi connectivity index (χ0n) is 18.7. The SMILES string of the molecule is COc1ccncc1-c1ccc(O)c2c1CC(CC1CC(=O)C(C(N)=O)=C(O)C1CO)CC2=O. The van der Waals surface area contributed by atoms with E-state index >= 15 is 0 Å². The van der Waals surface area contributed by atoms with E-state index in [9.17, 15) is 29.7 Å². The van der Waals surface area contributed by atoms with Crippen LogP contribution in [0.2, 0.25) is 0 Å². The number of carbonyl (C=O) groups excluding carboxylic acids is 3. The number of nitrogens with two attached hydrogens (primary N) is 1. The predicted molar refractivity (Wildman–Crippen MR) is 121 cm³/mol. The van der Waals surface area contributed by atoms with Crippen LogP contribution in [0.15, 0.2) is 41.9 Å². The quantitative estimate of drug-likeness (QED) is 0.471. The van der Waals surface area contributed by atoms with Crippen molar-refractivity contribution in [1.82, 2.24) is 4.98 Å². The Labute approximate surface area is 195 Å². The molecular formula is C25H26N2O7. The molecule has 1 amide bonds. The van der Waals surface area contributed by atoms with Gasteiger partial charge in [0.15, 0.2) is 11.6 Å². The van der Waals surface area contributed by atoms with Crippen LogP contribution in [0, 0.1) is 17.8 Å². The number of primary amides is 1. The van der Waals surface area contributed by atoms with E-state index in [0.717, 1.165) is 0 Å². The van der Waals surface area contributed by atoms with E-state index in [1.165, 1.54) is 13.2 Å². The highest BCUT2D eigenvalue weighted by atomic mass is 16.5. The largest absolute Gasteiger partial charge is 0.511 e. The number of aromatic hydroxyl groups is 1. The number of Topliss-reactive ketones (excluding diaryl/α,β-unsaturated/α-hetero) is 2. The molecule has 34 heavy (non-hydrogen) atoms. The van der Waals surface area contributed by atoms with Crippen molar-refractivity contribution in [3.8, 4) is 22.6 Å². The van der Waals surface area contributed by atoms with Crippen LogP contribution in [0.1, 0.15) is 35.2 Å². The lowest BCUT2D eigenvalue weighted by molar-refractivity contribution is -0.123. The Bertz CT molecular complexity index is 1200. The number of hydrogen-bond donors (Lipinski definition) is 4. The van der Waals surface area contributed by atoms with Gasteiger partial charge in [0, 0.05) is 36.7 Å². The molecule has 0 fully saturated rings. The number of hydrogen-bond acceptors (Lipinski definition) is 8. The van der Waals surface area contributed by atoms with Crippen molar-refractivity contribution in [2.75, 3.05) is 13.7 Å². The molecule has 0 radical (unpaired) electrons. The van der Waals surface area contributed by atoms with Gasteiger partial charge < -0.3 is 25.8 Å². The highest BCUT2D eigenvalue weighted by Crippen LogP contribution is 2.44. The van der Waals surface area contributed by atoms with Gasteiger partial charge in [-0.1, -0.05) is 6.07 Å². The van der Waals surface area contributed by atoms with Gasteiger partial charge in [0.25, 0.3) is 5.91 Å². The number of pyridine rings is 1. The summed E-state index contributed by atoms with van der Waals surface area (Å²) in [5.74, 6) is -3.33. The maximum absolute atomic E-state index is 13.1. The second-order valence-corrected chi connectivity index (χ2v) is 8.80. The number of ketones is 2. The predicted octanol–water partition coefficient (Wildman–Crippen LogP) is 2.09. The third-order valence-corrected chi connectivity index (χ3v) is 6.81. The second-order valence-electron chi connectivity index (χ2n) is 8.80. The number of phenols is 1. The lowest BCUT2D eigenvalue weighted by atomic mass is 9.70. The standard InChI is InChI=1S/C25H26N2O7/c1-34-21-4-5-27-10-16(21)14-2-3-18(29)22-15(14)7-12(8-19(22)30)6-13-9-20(31)23(25(26)33)24(32)17(13)11-28/h2-5,10,12-13,17,28-29,32H,6-9,11H2,1H3,(H2,26,33). The van der Waals surface area contributed by atoms with E-state index in [-0.39, 0.29) is 35.9 Å². The maximum atomic E-state index is 13.1. The van der Waals surface area contributed by atoms with Gasteiger partial charge in [0.2, 0.25) is 0 Å². The van der Waals surface area contributed by atoms with Gasteiger partial charge in [-0.05, 0) is 47.9 Å². The molecule has 0 saturated carbocycles. The van der Waals surface area contributed by atoms with Crippen molar-refractivity contribution < 1.29 is 34.4 Å². The van der Waals surface area contributed by atoms with Gasteiger partial charge in [-0.25, -0.2) is 0 Å². The summed E-state index contributed by atoms with van der Waals surface area (Å²) in [6.45, 7) is -0.462. The number of rotatable bonds is 6. The molecule has 178 valence electrons. The van der Waals surface area contributed by atoms with Crippen LogP contribution in [0.4, 0.5) is 0 Å². The van der Waals surface area contributed by atoms with E-state index in [2.05, 4.69) is 4.98 Å². The zero-order valence-corrected chi connectivity index (χ0v) is 18.7. The van der Waals surface area contributed by atoms with Gasteiger partial charge in [-0.2, -0.15) is 0 Å². The summed E-state index contributed by atoms with van der Waals surface area (Å²) in [5, 5.41) is 30.7. The molecule has 9 heteroatoms. The van der Waals surface area contributed by atoms with Crippen LogP contribution in [-0.2, 0) is 16.0 Å². The number of amides is 1. The number of benzene rings is 1. The molecule has 2 aliphatic rings. The Morgan fingerprint density at radius 2 is 1.88 bits per heavy atom. The van der Waals surface area contributed by atoms with Crippen molar-refractivity contribution in [1.29, 1.82) is 0 Å². The van der Waals surface area contributed by atoms with Crippen molar-refractivity contribution >= 4 is 17.5 Å². The minimum Gasteiger partial charge on any atom is -0.511 e. The molecule has 3 atom stereocenters. The summed E-state index contributed by atoms with van der Waals surface area (Å²) in [6, 6.07) is 4.91. The van der Waals surface area contributed by atoms with E-state index in [0.29, 0.717) is 35.3 Å². The molecule has 1 aromatic heterocycles. The van der Waals surface area contributed by atoms with Gasteiger partial charge in [0.05, 0.1) is 19.3 Å². The van der Waals surface area contributed by atoms with E-state index in [1.54, 1.807) is 24.5 Å². The summed E-state index contributed by atoms with van der Waals surface area (Å²) in [6.07, 6.45) is 4.10. The number of aromatic nitrogens is 1. The highest BCUT2D eigenvalue weighted by Gasteiger charge is 2.40. The van der Waals surface area contributed by atoms with Gasteiger partial charge in [-0.3, -0.25) is 19.4 Å². The Morgan fingerprint density at radius 3 is 2.56 bits per heavy atom. The van der Waals surface area contributed by atoms with Crippen LogP contribution in [0.25, 0.3) is 11.1 Å². The van der Waals surface area contributed by atoms with Crippen molar-refractivity contribution in [3.05, 3.63) is 53.1 Å². The minimum atomic E-state index is -1.02. The first-order chi connectivity index (χ1) is 16.3. The lowest BCUT2D eigenvalue weighted by Crippen LogP contribution is -2.37. The number of aliphatic hydroxyl groups is 2. The topological polar surface area (TPSA) is 160 Å². The normalized spacial score (nSPS) is 22.5. The lowest BCUT2D eigenvalue weighted by Gasteiger charge is -2.34. The summed E-state index contributed by atoms with van der Waals surface area (Å²) in [5.41, 5.74) is 7.09. The molecule has 1 heterocycles. The number of carbonyl (C=O) groups is 3. The van der Waals surface area contributed by atoms with E-state index in [1.807, 2.05) is 0 Å². The third kappa shape index (κ3) is 4.03. The smallest absolute Gasteiger partial charge is 0.255 e. The first kappa shape index (κ1) is 23.4. The van der Waals surface area contributed by atoms with Crippen molar-refractivity contribution in [2.24, 2.45) is 23.5 Å². The fourth-order valence-corrected chi connectivity index (χ4v) is 5.27. The molecule has 1 aromatic carbocycles. The number of methoxy groups -OCH3 is 1. The molecule has 2 aliphatic carbocycles. The summed E-state index contributed by atoms with van der Waals surface area (Å²) < 4.78 is 5.45. The molecule has 4 rings (SSSR count). The first-order valence-electron chi connectivity index (χ1n) is 11.0. The molecule has 0 saturated heterocycles. The second kappa shape index (κ2) is 9.26. The van der Waals surface area contributed by atoms with Crippen LogP contribution >= 0.6 is 0 Å². The molecule has 9 nitrogen and oxygen atoms in total.